The van der Waals surface area contributed by atoms with Gasteiger partial charge < -0.3 is 15.3 Å². The lowest BCUT2D eigenvalue weighted by molar-refractivity contribution is -0.133. The van der Waals surface area contributed by atoms with Gasteiger partial charge in [0.2, 0.25) is 5.91 Å². The van der Waals surface area contributed by atoms with Crippen LogP contribution in [0.25, 0.3) is 0 Å². The van der Waals surface area contributed by atoms with Crippen molar-refractivity contribution in [3.05, 3.63) is 0 Å². The van der Waals surface area contributed by atoms with E-state index < -0.39 is 0 Å². The van der Waals surface area contributed by atoms with Gasteiger partial charge in [0.15, 0.2) is 0 Å². The Balaban J connectivity index is 2.68. The topological polar surface area (TPSA) is 52.6 Å². The van der Waals surface area contributed by atoms with Crippen molar-refractivity contribution in [3.63, 3.8) is 0 Å². The third-order valence-corrected chi connectivity index (χ3v) is 5.57. The van der Waals surface area contributed by atoms with Crippen LogP contribution in [0.1, 0.15) is 73.6 Å². The third kappa shape index (κ3) is 5.75. The molecule has 0 unspecified atom stereocenters. The van der Waals surface area contributed by atoms with Crippen molar-refractivity contribution in [1.82, 2.24) is 10.2 Å². The molecule has 136 valence electrons. The number of hydrogen-bond acceptors (Lipinski definition) is 3. The van der Waals surface area contributed by atoms with E-state index in [9.17, 15) is 9.90 Å². The highest BCUT2D eigenvalue weighted by atomic mass is 16.3. The number of carbonyl (C=O) groups is 1. The van der Waals surface area contributed by atoms with Crippen LogP contribution in [0.3, 0.4) is 0 Å². The first-order valence-electron chi connectivity index (χ1n) is 9.12. The molecule has 0 spiro atoms. The molecule has 1 saturated heterocycles. The van der Waals surface area contributed by atoms with Crippen molar-refractivity contribution in [1.29, 1.82) is 0 Å². The Hall–Kier alpha value is -0.610. The SMILES string of the molecule is CCC(CC)(CO)CN(C)C(=O)CC1CC(C)(C)NC(C)(C)C1. The van der Waals surface area contributed by atoms with E-state index in [0.29, 0.717) is 18.9 Å². The van der Waals surface area contributed by atoms with E-state index in [4.69, 9.17) is 0 Å². The average molecular weight is 327 g/mol. The van der Waals surface area contributed by atoms with Crippen molar-refractivity contribution in [3.8, 4) is 0 Å². The van der Waals surface area contributed by atoms with Crippen molar-refractivity contribution >= 4 is 5.91 Å². The molecule has 4 nitrogen and oxygen atoms in total. The number of aliphatic hydroxyl groups is 1. The fraction of sp³-hybridized carbons (Fsp3) is 0.947. The molecule has 0 aromatic heterocycles. The molecule has 2 N–H and O–H groups in total. The zero-order valence-electron chi connectivity index (χ0n) is 16.3. The molecule has 1 heterocycles. The maximum Gasteiger partial charge on any atom is 0.222 e. The maximum absolute atomic E-state index is 12.7. The predicted octanol–water partition coefficient (Wildman–Crippen LogP) is 3.19. The van der Waals surface area contributed by atoms with E-state index >= 15 is 0 Å². The third-order valence-electron chi connectivity index (χ3n) is 5.57. The molecule has 0 radical (unpaired) electrons. The Labute approximate surface area is 143 Å². The zero-order chi connectivity index (χ0) is 17.9. The van der Waals surface area contributed by atoms with E-state index in [1.807, 2.05) is 11.9 Å². The molecule has 1 aliphatic rings. The fourth-order valence-electron chi connectivity index (χ4n) is 4.42. The summed E-state index contributed by atoms with van der Waals surface area (Å²) in [5.41, 5.74) is -0.00298. The van der Waals surface area contributed by atoms with Crippen LogP contribution in [-0.2, 0) is 4.79 Å². The minimum Gasteiger partial charge on any atom is -0.396 e. The first-order valence-corrected chi connectivity index (χ1v) is 9.12. The molecule has 23 heavy (non-hydrogen) atoms. The first kappa shape index (κ1) is 20.4. The standard InChI is InChI=1S/C19H38N2O2/c1-8-19(9-2,14-22)13-21(7)16(23)10-15-11-17(3,4)20-18(5,6)12-15/h15,20,22H,8-14H2,1-7H3. The van der Waals surface area contributed by atoms with Crippen LogP contribution in [0.15, 0.2) is 0 Å². The molecule has 1 fully saturated rings. The molecule has 0 aromatic carbocycles. The van der Waals surface area contributed by atoms with Crippen LogP contribution in [0, 0.1) is 11.3 Å². The second kappa shape index (κ2) is 7.52. The van der Waals surface area contributed by atoms with Crippen molar-refractivity contribution in [2.75, 3.05) is 20.2 Å². The molecule has 0 atom stereocenters. The van der Waals surface area contributed by atoms with Gasteiger partial charge in [-0.25, -0.2) is 0 Å². The van der Waals surface area contributed by atoms with Crippen LogP contribution in [0.4, 0.5) is 0 Å². The molecular weight excluding hydrogens is 288 g/mol. The summed E-state index contributed by atoms with van der Waals surface area (Å²) < 4.78 is 0. The Morgan fingerprint density at radius 2 is 1.65 bits per heavy atom. The first-order chi connectivity index (χ1) is 10.5. The van der Waals surface area contributed by atoms with Gasteiger partial charge in [0, 0.05) is 36.5 Å². The highest BCUT2D eigenvalue weighted by Crippen LogP contribution is 2.35. The second-order valence-corrected chi connectivity index (χ2v) is 8.99. The van der Waals surface area contributed by atoms with Gasteiger partial charge in [-0.05, 0) is 59.3 Å². The van der Waals surface area contributed by atoms with Crippen LogP contribution < -0.4 is 5.32 Å². The summed E-state index contributed by atoms with van der Waals surface area (Å²) in [5, 5.41) is 13.4. The summed E-state index contributed by atoms with van der Waals surface area (Å²) in [6.45, 7) is 13.9. The average Bonchev–Trinajstić information content (AvgIpc) is 2.41. The minimum absolute atomic E-state index is 0.0764. The number of aliphatic hydroxyl groups excluding tert-OH is 1. The lowest BCUT2D eigenvalue weighted by atomic mass is 9.74. The molecule has 0 saturated carbocycles. The van der Waals surface area contributed by atoms with Crippen LogP contribution >= 0.6 is 0 Å². The highest BCUT2D eigenvalue weighted by Gasteiger charge is 2.39. The summed E-state index contributed by atoms with van der Waals surface area (Å²) in [4.78, 5) is 14.5. The largest absolute Gasteiger partial charge is 0.396 e. The van der Waals surface area contributed by atoms with Gasteiger partial charge in [-0.2, -0.15) is 0 Å². The van der Waals surface area contributed by atoms with Crippen molar-refractivity contribution < 1.29 is 9.90 Å². The summed E-state index contributed by atoms with van der Waals surface area (Å²) in [7, 11) is 1.88. The van der Waals surface area contributed by atoms with Gasteiger partial charge in [0.1, 0.15) is 0 Å². The van der Waals surface area contributed by atoms with E-state index in [0.717, 1.165) is 25.7 Å². The highest BCUT2D eigenvalue weighted by molar-refractivity contribution is 5.76. The molecular formula is C19H38N2O2. The Kier molecular flexibility index (Phi) is 6.68. The number of hydrogen-bond donors (Lipinski definition) is 2. The molecule has 0 aliphatic carbocycles. The number of nitrogens with zero attached hydrogens (tertiary/aromatic N) is 1. The summed E-state index contributed by atoms with van der Waals surface area (Å²) >= 11 is 0. The van der Waals surface area contributed by atoms with Crippen LogP contribution in [0.2, 0.25) is 0 Å². The Bertz CT molecular complexity index is 376. The Morgan fingerprint density at radius 1 is 1.17 bits per heavy atom. The normalized spacial score (nSPS) is 21.2. The van der Waals surface area contributed by atoms with E-state index in [1.54, 1.807) is 0 Å². The lowest BCUT2D eigenvalue weighted by Gasteiger charge is -2.46. The molecule has 0 aromatic rings. The van der Waals surface area contributed by atoms with Crippen molar-refractivity contribution in [2.24, 2.45) is 11.3 Å². The van der Waals surface area contributed by atoms with E-state index in [-0.39, 0.29) is 29.0 Å². The van der Waals surface area contributed by atoms with Gasteiger partial charge in [-0.3, -0.25) is 4.79 Å². The molecule has 1 amide bonds. The fourth-order valence-corrected chi connectivity index (χ4v) is 4.42. The van der Waals surface area contributed by atoms with Crippen LogP contribution in [-0.4, -0.2) is 47.2 Å². The predicted molar refractivity (Wildman–Crippen MR) is 96.4 cm³/mol. The summed E-state index contributed by atoms with van der Waals surface area (Å²) in [5.74, 6) is 0.631. The number of rotatable bonds is 7. The summed E-state index contributed by atoms with van der Waals surface area (Å²) in [6, 6.07) is 0. The molecule has 1 rings (SSSR count). The maximum atomic E-state index is 12.7. The van der Waals surface area contributed by atoms with Gasteiger partial charge in [-0.1, -0.05) is 13.8 Å². The lowest BCUT2D eigenvalue weighted by Crippen LogP contribution is -2.58. The van der Waals surface area contributed by atoms with Crippen molar-refractivity contribution in [2.45, 2.75) is 84.7 Å². The summed E-state index contributed by atoms with van der Waals surface area (Å²) in [6.07, 6.45) is 4.46. The smallest absolute Gasteiger partial charge is 0.222 e. The minimum atomic E-state index is -0.156. The zero-order valence-corrected chi connectivity index (χ0v) is 16.3. The number of amides is 1. The monoisotopic (exact) mass is 326 g/mol. The van der Waals surface area contributed by atoms with Gasteiger partial charge in [0.05, 0.1) is 6.61 Å². The van der Waals surface area contributed by atoms with Gasteiger partial charge in [-0.15, -0.1) is 0 Å². The second-order valence-electron chi connectivity index (χ2n) is 8.99. The van der Waals surface area contributed by atoms with E-state index in [1.165, 1.54) is 0 Å². The Morgan fingerprint density at radius 3 is 2.04 bits per heavy atom. The van der Waals surface area contributed by atoms with Gasteiger partial charge >= 0.3 is 0 Å². The van der Waals surface area contributed by atoms with Crippen LogP contribution in [0.5, 0.6) is 0 Å². The number of carbonyl (C=O) groups excluding carboxylic acids is 1. The number of piperidine rings is 1. The molecule has 0 bridgehead atoms. The van der Waals surface area contributed by atoms with E-state index in [2.05, 4.69) is 46.9 Å². The van der Waals surface area contributed by atoms with Gasteiger partial charge in [0.25, 0.3) is 0 Å². The quantitative estimate of drug-likeness (QED) is 0.755. The molecule has 4 heteroatoms. The molecule has 1 aliphatic heterocycles. The number of nitrogens with one attached hydrogen (secondary N) is 1.